The van der Waals surface area contributed by atoms with Crippen molar-refractivity contribution in [2.45, 2.75) is 31.2 Å². The number of nitrogens with one attached hydrogen (secondary N) is 1. The van der Waals surface area contributed by atoms with E-state index >= 15 is 8.78 Å². The number of allylic oxidation sites excluding steroid dienone is 2. The molecule has 0 radical (unpaired) electrons. The lowest BCUT2D eigenvalue weighted by Crippen LogP contribution is -2.58. The highest BCUT2D eigenvalue weighted by Crippen LogP contribution is 2.39. The van der Waals surface area contributed by atoms with Gasteiger partial charge >= 0.3 is 5.97 Å². The van der Waals surface area contributed by atoms with E-state index in [-0.39, 0.29) is 29.6 Å². The predicted octanol–water partition coefficient (Wildman–Crippen LogP) is 3.31. The number of carbonyl (C=O) groups excluding carboxylic acids is 1. The average Bonchev–Trinajstić information content (AvgIpc) is 3.21. The normalized spacial score (nSPS) is 24.1. The number of benzene rings is 1. The van der Waals surface area contributed by atoms with Crippen LogP contribution in [-0.4, -0.2) is 43.1 Å². The minimum absolute atomic E-state index is 0.00781. The number of ether oxygens (including phenoxy) is 2. The van der Waals surface area contributed by atoms with Crippen molar-refractivity contribution < 1.29 is 33.0 Å². The number of aliphatic carboxylic acids is 1. The van der Waals surface area contributed by atoms with Crippen molar-refractivity contribution in [1.29, 1.82) is 0 Å². The Hall–Kier alpha value is -3.00. The van der Waals surface area contributed by atoms with E-state index in [0.717, 1.165) is 19.3 Å². The predicted molar refractivity (Wildman–Crippen MR) is 101 cm³/mol. The van der Waals surface area contributed by atoms with Crippen molar-refractivity contribution >= 4 is 17.4 Å². The zero-order chi connectivity index (χ0) is 21.2. The second-order valence-electron chi connectivity index (χ2n) is 6.73. The monoisotopic (exact) mass is 405 g/mol. The Morgan fingerprint density at radius 1 is 1.21 bits per heavy atom. The van der Waals surface area contributed by atoms with Crippen LogP contribution < -0.4 is 10.1 Å². The van der Waals surface area contributed by atoms with Gasteiger partial charge in [-0.3, -0.25) is 4.79 Å². The molecule has 6 nitrogen and oxygen atoms in total. The Morgan fingerprint density at radius 3 is 2.52 bits per heavy atom. The van der Waals surface area contributed by atoms with E-state index in [4.69, 9.17) is 9.47 Å². The Kier molecular flexibility index (Phi) is 5.83. The van der Waals surface area contributed by atoms with E-state index < -0.39 is 29.6 Å². The third-order valence-corrected chi connectivity index (χ3v) is 5.14. The van der Waals surface area contributed by atoms with Crippen molar-refractivity contribution in [3.63, 3.8) is 0 Å². The number of carboxylic acids is 1. The van der Waals surface area contributed by atoms with Crippen LogP contribution in [0.1, 0.15) is 24.8 Å². The molecular weight excluding hydrogens is 384 g/mol. The van der Waals surface area contributed by atoms with E-state index in [1.807, 2.05) is 0 Å². The van der Waals surface area contributed by atoms with Gasteiger partial charge < -0.3 is 19.9 Å². The first-order valence-electron chi connectivity index (χ1n) is 9.04. The smallest absolute Gasteiger partial charge is 0.332 e. The fourth-order valence-electron chi connectivity index (χ4n) is 3.61. The molecule has 0 fully saturated rings. The molecule has 154 valence electrons. The van der Waals surface area contributed by atoms with Gasteiger partial charge in [0.25, 0.3) is 0 Å². The molecule has 2 atom stereocenters. The third-order valence-electron chi connectivity index (χ3n) is 5.14. The standard InChI is InChI=1S/C21H21F2NO5/c1-28-16-9-4-3-6-13(16)12-10-17(22)21(29-2,18(23)11-12)24-19(25)14-7-5-8-15(14)20(26)27/h3-4,6,9-11,17H,5,7-8H2,1-2H3,(H,24,25)(H,26,27). The highest BCUT2D eigenvalue weighted by atomic mass is 19.1. The van der Waals surface area contributed by atoms with Crippen molar-refractivity contribution in [3.05, 3.63) is 59.0 Å². The Morgan fingerprint density at radius 2 is 1.90 bits per heavy atom. The minimum atomic E-state index is -2.37. The molecule has 2 aliphatic rings. The quantitative estimate of drug-likeness (QED) is 0.710. The van der Waals surface area contributed by atoms with Gasteiger partial charge in [0, 0.05) is 23.8 Å². The summed E-state index contributed by atoms with van der Waals surface area (Å²) in [6.07, 6.45) is 1.08. The lowest BCUT2D eigenvalue weighted by atomic mass is 9.91. The number of amides is 1. The number of para-hydroxylation sites is 1. The summed E-state index contributed by atoms with van der Waals surface area (Å²) >= 11 is 0. The largest absolute Gasteiger partial charge is 0.496 e. The summed E-state index contributed by atoms with van der Waals surface area (Å²) in [6, 6.07) is 6.75. The summed E-state index contributed by atoms with van der Waals surface area (Å²) in [5.74, 6) is -2.68. The van der Waals surface area contributed by atoms with Gasteiger partial charge in [-0.2, -0.15) is 0 Å². The lowest BCUT2D eigenvalue weighted by molar-refractivity contribution is -0.134. The van der Waals surface area contributed by atoms with Crippen LogP contribution in [0, 0.1) is 0 Å². The summed E-state index contributed by atoms with van der Waals surface area (Å²) in [5, 5.41) is 11.5. The zero-order valence-corrected chi connectivity index (χ0v) is 16.0. The molecule has 0 saturated carbocycles. The van der Waals surface area contributed by atoms with Crippen molar-refractivity contribution in [3.8, 4) is 5.75 Å². The third kappa shape index (κ3) is 3.67. The van der Waals surface area contributed by atoms with Crippen molar-refractivity contribution in [2.75, 3.05) is 14.2 Å². The number of hydrogen-bond acceptors (Lipinski definition) is 4. The first kappa shape index (κ1) is 20.7. The van der Waals surface area contributed by atoms with Crippen LogP contribution in [0.25, 0.3) is 5.57 Å². The molecule has 0 saturated heterocycles. The van der Waals surface area contributed by atoms with Crippen LogP contribution in [0.3, 0.4) is 0 Å². The molecule has 29 heavy (non-hydrogen) atoms. The number of carboxylic acid groups (broad SMARTS) is 1. The molecule has 0 bridgehead atoms. The van der Waals surface area contributed by atoms with Gasteiger partial charge in [0.15, 0.2) is 12.0 Å². The Labute approximate surface area is 166 Å². The second-order valence-corrected chi connectivity index (χ2v) is 6.73. The maximum absolute atomic E-state index is 15.2. The number of carbonyl (C=O) groups is 2. The maximum Gasteiger partial charge on any atom is 0.332 e. The van der Waals surface area contributed by atoms with Crippen LogP contribution >= 0.6 is 0 Å². The highest BCUT2D eigenvalue weighted by Gasteiger charge is 2.48. The fourth-order valence-corrected chi connectivity index (χ4v) is 3.61. The zero-order valence-electron chi connectivity index (χ0n) is 16.0. The van der Waals surface area contributed by atoms with Crippen LogP contribution in [-0.2, 0) is 14.3 Å². The number of hydrogen-bond donors (Lipinski definition) is 2. The van der Waals surface area contributed by atoms with Crippen molar-refractivity contribution in [2.24, 2.45) is 0 Å². The van der Waals surface area contributed by atoms with Crippen LogP contribution in [0.15, 0.2) is 53.4 Å². The summed E-state index contributed by atoms with van der Waals surface area (Å²) in [5.41, 5.74) is -1.69. The molecule has 2 N–H and O–H groups in total. The first-order valence-corrected chi connectivity index (χ1v) is 9.04. The van der Waals surface area contributed by atoms with Crippen LogP contribution in [0.5, 0.6) is 5.75 Å². The second kappa shape index (κ2) is 8.16. The van der Waals surface area contributed by atoms with Gasteiger partial charge in [-0.25, -0.2) is 13.6 Å². The molecule has 8 heteroatoms. The number of alkyl halides is 1. The summed E-state index contributed by atoms with van der Waals surface area (Å²) in [7, 11) is 2.52. The van der Waals surface area contributed by atoms with E-state index in [1.165, 1.54) is 7.11 Å². The summed E-state index contributed by atoms with van der Waals surface area (Å²) in [4.78, 5) is 23.9. The number of halogens is 2. The van der Waals surface area contributed by atoms with Gasteiger partial charge in [-0.1, -0.05) is 18.2 Å². The minimum Gasteiger partial charge on any atom is -0.496 e. The van der Waals surface area contributed by atoms with E-state index in [0.29, 0.717) is 17.7 Å². The molecule has 0 heterocycles. The Bertz CT molecular complexity index is 937. The number of methoxy groups -OCH3 is 2. The van der Waals surface area contributed by atoms with Gasteiger partial charge in [-0.05, 0) is 43.1 Å². The summed E-state index contributed by atoms with van der Waals surface area (Å²) < 4.78 is 40.6. The molecule has 1 amide bonds. The molecule has 0 spiro atoms. The first-order chi connectivity index (χ1) is 13.8. The molecule has 2 unspecified atom stereocenters. The van der Waals surface area contributed by atoms with Crippen LogP contribution in [0.2, 0.25) is 0 Å². The fraction of sp³-hybridized carbons (Fsp3) is 0.333. The summed E-state index contributed by atoms with van der Waals surface area (Å²) in [6.45, 7) is 0. The molecule has 0 aliphatic heterocycles. The van der Waals surface area contributed by atoms with Gasteiger partial charge in [0.2, 0.25) is 11.6 Å². The van der Waals surface area contributed by atoms with Crippen LogP contribution in [0.4, 0.5) is 8.78 Å². The highest BCUT2D eigenvalue weighted by molar-refractivity contribution is 6.03. The molecule has 3 rings (SSSR count). The van der Waals surface area contributed by atoms with Gasteiger partial charge in [-0.15, -0.1) is 0 Å². The SMILES string of the molecule is COc1ccccc1C1=CC(F)C(NC(=O)C2=C(C(=O)O)CCC2)(OC)C(F)=C1. The van der Waals surface area contributed by atoms with E-state index in [1.54, 1.807) is 24.3 Å². The van der Waals surface area contributed by atoms with Crippen molar-refractivity contribution in [1.82, 2.24) is 5.32 Å². The average molecular weight is 405 g/mol. The Balaban J connectivity index is 1.94. The lowest BCUT2D eigenvalue weighted by Gasteiger charge is -2.36. The molecule has 0 aromatic heterocycles. The van der Waals surface area contributed by atoms with Gasteiger partial charge in [0.1, 0.15) is 5.75 Å². The van der Waals surface area contributed by atoms with E-state index in [2.05, 4.69) is 5.32 Å². The molecule has 1 aromatic rings. The van der Waals surface area contributed by atoms with Gasteiger partial charge in [0.05, 0.1) is 7.11 Å². The topological polar surface area (TPSA) is 84.9 Å². The molecule has 1 aromatic carbocycles. The maximum atomic E-state index is 15.2. The molecule has 2 aliphatic carbocycles. The molecular formula is C21H21F2NO5. The van der Waals surface area contributed by atoms with E-state index in [9.17, 15) is 14.7 Å². The number of rotatable bonds is 6.